The second-order valence-electron chi connectivity index (χ2n) is 10.9. The SMILES string of the molecule is CCC(C)CC(=O)Oc1ccc(CC(N)(C[C@H](C)OC(=O)CC(C)C)C(=O)O)cc1OC(=O)CC(C)CC. The predicted octanol–water partition coefficient (Wildman–Crippen LogP) is 5.06. The molecule has 0 amide bonds. The van der Waals surface area contributed by atoms with Gasteiger partial charge in [0.1, 0.15) is 11.6 Å². The molecule has 0 heterocycles. The summed E-state index contributed by atoms with van der Waals surface area (Å²) in [5.41, 5.74) is 4.99. The van der Waals surface area contributed by atoms with Gasteiger partial charge in [-0.3, -0.25) is 19.2 Å². The van der Waals surface area contributed by atoms with E-state index in [1.165, 1.54) is 12.1 Å². The number of benzene rings is 1. The van der Waals surface area contributed by atoms with E-state index in [-0.39, 0.29) is 61.4 Å². The summed E-state index contributed by atoms with van der Waals surface area (Å²) < 4.78 is 16.4. The molecule has 0 aliphatic carbocycles. The first-order valence-electron chi connectivity index (χ1n) is 13.4. The predicted molar refractivity (Wildman–Crippen MR) is 144 cm³/mol. The van der Waals surface area contributed by atoms with E-state index in [9.17, 15) is 24.3 Å². The molecule has 0 aliphatic rings. The molecule has 9 nitrogen and oxygen atoms in total. The second-order valence-corrected chi connectivity index (χ2v) is 10.9. The molecular formula is C29H45NO8. The van der Waals surface area contributed by atoms with E-state index in [0.717, 1.165) is 12.8 Å². The van der Waals surface area contributed by atoms with Gasteiger partial charge in [-0.05, 0) is 42.4 Å². The lowest BCUT2D eigenvalue weighted by atomic mass is 9.86. The minimum atomic E-state index is -1.76. The third-order valence-corrected chi connectivity index (χ3v) is 6.38. The first-order valence-corrected chi connectivity index (χ1v) is 13.4. The van der Waals surface area contributed by atoms with Crippen molar-refractivity contribution in [3.8, 4) is 11.5 Å². The lowest BCUT2D eigenvalue weighted by Gasteiger charge is -2.28. The molecule has 0 spiro atoms. The number of carbonyl (C=O) groups excluding carboxylic acids is 3. The van der Waals surface area contributed by atoms with Crippen molar-refractivity contribution in [1.29, 1.82) is 0 Å². The molecule has 1 aromatic rings. The molecule has 0 bridgehead atoms. The fourth-order valence-corrected chi connectivity index (χ4v) is 3.77. The zero-order valence-corrected chi connectivity index (χ0v) is 23.9. The highest BCUT2D eigenvalue weighted by Crippen LogP contribution is 2.32. The number of carboxylic acid groups (broad SMARTS) is 1. The van der Waals surface area contributed by atoms with Gasteiger partial charge in [0, 0.05) is 32.1 Å². The van der Waals surface area contributed by atoms with Crippen molar-refractivity contribution < 1.29 is 38.5 Å². The molecule has 0 aliphatic heterocycles. The maximum atomic E-state index is 12.5. The summed E-state index contributed by atoms with van der Waals surface area (Å²) in [6.45, 7) is 13.2. The highest BCUT2D eigenvalue weighted by Gasteiger charge is 2.37. The summed E-state index contributed by atoms with van der Waals surface area (Å²) in [4.78, 5) is 49.2. The molecule has 3 unspecified atom stereocenters. The van der Waals surface area contributed by atoms with Gasteiger partial charge >= 0.3 is 23.9 Å². The van der Waals surface area contributed by atoms with E-state index >= 15 is 0 Å². The maximum absolute atomic E-state index is 12.5. The van der Waals surface area contributed by atoms with Crippen molar-refractivity contribution >= 4 is 23.9 Å². The van der Waals surface area contributed by atoms with Crippen molar-refractivity contribution in [1.82, 2.24) is 0 Å². The average molecular weight is 536 g/mol. The lowest BCUT2D eigenvalue weighted by molar-refractivity contribution is -0.154. The summed E-state index contributed by atoms with van der Waals surface area (Å²) >= 11 is 0. The maximum Gasteiger partial charge on any atom is 0.324 e. The monoisotopic (exact) mass is 535 g/mol. The van der Waals surface area contributed by atoms with E-state index in [1.54, 1.807) is 13.0 Å². The Kier molecular flexibility index (Phi) is 13.5. The number of nitrogens with two attached hydrogens (primary N) is 1. The van der Waals surface area contributed by atoms with Crippen molar-refractivity contribution in [3.63, 3.8) is 0 Å². The standard InChI is InChI=1S/C29H45NO8/c1-8-19(5)13-26(32)37-23-11-10-22(15-24(23)38-27(33)14-20(6)9-2)17-29(30,28(34)35)16-21(7)36-25(31)12-18(3)4/h10-11,15,18-21H,8-9,12-14,16-17,30H2,1-7H3,(H,34,35)/t19?,20?,21-,29?/m0/s1. The summed E-state index contributed by atoms with van der Waals surface area (Å²) in [5, 5.41) is 9.92. The molecule has 1 rings (SSSR count). The van der Waals surface area contributed by atoms with E-state index in [4.69, 9.17) is 19.9 Å². The Balaban J connectivity index is 3.19. The Morgan fingerprint density at radius 2 is 1.37 bits per heavy atom. The van der Waals surface area contributed by atoms with Crippen LogP contribution in [0, 0.1) is 17.8 Å². The number of ether oxygens (including phenoxy) is 3. The van der Waals surface area contributed by atoms with Gasteiger partial charge in [-0.2, -0.15) is 0 Å². The Labute approximate surface area is 226 Å². The molecule has 0 saturated heterocycles. The number of aliphatic carboxylic acids is 1. The van der Waals surface area contributed by atoms with Crippen LogP contribution in [-0.4, -0.2) is 40.6 Å². The summed E-state index contributed by atoms with van der Waals surface area (Å²) in [7, 11) is 0. The van der Waals surface area contributed by atoms with Crippen LogP contribution in [0.5, 0.6) is 11.5 Å². The van der Waals surface area contributed by atoms with Crippen molar-refractivity contribution in [2.24, 2.45) is 23.5 Å². The number of hydrogen-bond donors (Lipinski definition) is 2. The van der Waals surface area contributed by atoms with Crippen LogP contribution in [0.2, 0.25) is 0 Å². The molecule has 0 radical (unpaired) electrons. The number of esters is 3. The minimum Gasteiger partial charge on any atom is -0.480 e. The first kappa shape index (κ1) is 33.1. The highest BCUT2D eigenvalue weighted by atomic mass is 16.6. The summed E-state index contributed by atoms with van der Waals surface area (Å²) in [6.07, 6.45) is 1.22. The molecule has 3 N–H and O–H groups in total. The number of hydrogen-bond acceptors (Lipinski definition) is 8. The molecular weight excluding hydrogens is 490 g/mol. The zero-order valence-electron chi connectivity index (χ0n) is 23.9. The van der Waals surface area contributed by atoms with Crippen molar-refractivity contribution in [3.05, 3.63) is 23.8 Å². The Bertz CT molecular complexity index is 960. The van der Waals surface area contributed by atoms with Crippen LogP contribution in [0.15, 0.2) is 18.2 Å². The van der Waals surface area contributed by atoms with Gasteiger partial charge in [0.2, 0.25) is 0 Å². The number of carboxylic acids is 1. The van der Waals surface area contributed by atoms with Crippen LogP contribution >= 0.6 is 0 Å². The van der Waals surface area contributed by atoms with Gasteiger partial charge in [0.25, 0.3) is 0 Å². The van der Waals surface area contributed by atoms with Crippen LogP contribution in [-0.2, 0) is 30.3 Å². The van der Waals surface area contributed by atoms with Crippen LogP contribution in [0.25, 0.3) is 0 Å². The molecule has 38 heavy (non-hydrogen) atoms. The normalized spacial score (nSPS) is 15.2. The Morgan fingerprint density at radius 1 is 0.842 bits per heavy atom. The number of rotatable bonds is 16. The molecule has 214 valence electrons. The second kappa shape index (κ2) is 15.5. The van der Waals surface area contributed by atoms with Gasteiger partial charge in [-0.1, -0.05) is 60.5 Å². The molecule has 0 aromatic heterocycles. The molecule has 0 fully saturated rings. The van der Waals surface area contributed by atoms with Gasteiger partial charge in [0.05, 0.1) is 0 Å². The van der Waals surface area contributed by atoms with Gasteiger partial charge in [-0.15, -0.1) is 0 Å². The van der Waals surface area contributed by atoms with Crippen molar-refractivity contribution in [2.45, 2.75) is 105 Å². The third-order valence-electron chi connectivity index (χ3n) is 6.38. The van der Waals surface area contributed by atoms with E-state index < -0.39 is 35.5 Å². The van der Waals surface area contributed by atoms with Crippen LogP contribution in [0.1, 0.15) is 92.6 Å². The van der Waals surface area contributed by atoms with Gasteiger partial charge < -0.3 is 25.1 Å². The molecule has 4 atom stereocenters. The summed E-state index contributed by atoms with van der Waals surface area (Å²) in [5.74, 6) is -2.18. The van der Waals surface area contributed by atoms with E-state index in [1.807, 2.05) is 41.5 Å². The fraction of sp³-hybridized carbons (Fsp3) is 0.655. The van der Waals surface area contributed by atoms with Crippen LogP contribution in [0.4, 0.5) is 0 Å². The summed E-state index contributed by atoms with van der Waals surface area (Å²) in [6, 6.07) is 4.53. The molecule has 9 heteroatoms. The highest BCUT2D eigenvalue weighted by molar-refractivity contribution is 5.80. The Morgan fingerprint density at radius 3 is 1.84 bits per heavy atom. The topological polar surface area (TPSA) is 142 Å². The number of carbonyl (C=O) groups is 4. The largest absolute Gasteiger partial charge is 0.480 e. The van der Waals surface area contributed by atoms with Crippen LogP contribution < -0.4 is 15.2 Å². The average Bonchev–Trinajstić information content (AvgIpc) is 2.79. The smallest absolute Gasteiger partial charge is 0.324 e. The van der Waals surface area contributed by atoms with Crippen molar-refractivity contribution in [2.75, 3.05) is 0 Å². The lowest BCUT2D eigenvalue weighted by Crippen LogP contribution is -2.52. The Hall–Kier alpha value is -2.94. The van der Waals surface area contributed by atoms with Crippen LogP contribution in [0.3, 0.4) is 0 Å². The molecule has 1 aromatic carbocycles. The zero-order chi connectivity index (χ0) is 29.0. The molecule has 0 saturated carbocycles. The third kappa shape index (κ3) is 11.6. The van der Waals surface area contributed by atoms with Gasteiger partial charge in [0.15, 0.2) is 11.5 Å². The van der Waals surface area contributed by atoms with E-state index in [0.29, 0.717) is 5.56 Å². The van der Waals surface area contributed by atoms with Gasteiger partial charge in [-0.25, -0.2) is 0 Å². The quantitative estimate of drug-likeness (QED) is 0.219. The van der Waals surface area contributed by atoms with E-state index in [2.05, 4.69) is 0 Å². The minimum absolute atomic E-state index is 0.0254. The first-order chi connectivity index (χ1) is 17.7. The fourth-order valence-electron chi connectivity index (χ4n) is 3.77.